The van der Waals surface area contributed by atoms with E-state index in [1.165, 1.54) is 0 Å². The summed E-state index contributed by atoms with van der Waals surface area (Å²) in [6, 6.07) is 7.79. The van der Waals surface area contributed by atoms with Gasteiger partial charge in [-0.2, -0.15) is 4.31 Å². The molecule has 1 aromatic rings. The van der Waals surface area contributed by atoms with Crippen molar-refractivity contribution in [1.82, 2.24) is 4.31 Å². The number of benzene rings is 1. The first kappa shape index (κ1) is 14.3. The van der Waals surface area contributed by atoms with E-state index in [4.69, 9.17) is 11.6 Å². The summed E-state index contributed by atoms with van der Waals surface area (Å²) in [5.74, 6) is 0.156. The number of rotatable bonds is 4. The van der Waals surface area contributed by atoms with E-state index in [0.717, 1.165) is 22.9 Å². The lowest BCUT2D eigenvalue weighted by Crippen LogP contribution is -2.33. The van der Waals surface area contributed by atoms with E-state index in [2.05, 4.69) is 15.9 Å². The molecule has 3 nitrogen and oxygen atoms in total. The molecule has 1 atom stereocenters. The first-order valence-corrected chi connectivity index (χ1v) is 8.79. The summed E-state index contributed by atoms with van der Waals surface area (Å²) >= 11 is 8.99. The third-order valence-electron chi connectivity index (χ3n) is 3.13. The van der Waals surface area contributed by atoms with Gasteiger partial charge in [-0.25, -0.2) is 8.42 Å². The van der Waals surface area contributed by atoms with E-state index >= 15 is 0 Å². The van der Waals surface area contributed by atoms with Crippen LogP contribution >= 0.6 is 27.5 Å². The molecule has 0 saturated carbocycles. The van der Waals surface area contributed by atoms with Crippen LogP contribution in [0.4, 0.5) is 0 Å². The molecule has 0 bridgehead atoms. The van der Waals surface area contributed by atoms with Crippen LogP contribution in [-0.4, -0.2) is 30.9 Å². The average molecular weight is 353 g/mol. The van der Waals surface area contributed by atoms with E-state index in [0.29, 0.717) is 6.54 Å². The van der Waals surface area contributed by atoms with E-state index in [9.17, 15) is 8.42 Å². The van der Waals surface area contributed by atoms with E-state index in [1.54, 1.807) is 4.31 Å². The normalized spacial score (nSPS) is 21.3. The highest BCUT2D eigenvalue weighted by atomic mass is 79.9. The van der Waals surface area contributed by atoms with Crippen molar-refractivity contribution in [2.75, 3.05) is 18.2 Å². The van der Waals surface area contributed by atoms with Crippen molar-refractivity contribution >= 4 is 37.6 Å². The molecular weight excluding hydrogens is 338 g/mol. The van der Waals surface area contributed by atoms with Crippen LogP contribution < -0.4 is 0 Å². The second-order valence-corrected chi connectivity index (χ2v) is 7.66. The Morgan fingerprint density at radius 3 is 2.89 bits per heavy atom. The van der Waals surface area contributed by atoms with E-state index in [-0.39, 0.29) is 17.7 Å². The molecule has 0 amide bonds. The summed E-state index contributed by atoms with van der Waals surface area (Å²) in [5, 5.41) is 0. The van der Waals surface area contributed by atoms with Gasteiger partial charge in [-0.1, -0.05) is 28.1 Å². The summed E-state index contributed by atoms with van der Waals surface area (Å²) in [6.45, 7) is 0.594. The highest BCUT2D eigenvalue weighted by Gasteiger charge is 2.34. The maximum Gasteiger partial charge on any atom is 0.215 e. The van der Waals surface area contributed by atoms with Crippen molar-refractivity contribution in [1.29, 1.82) is 0 Å². The van der Waals surface area contributed by atoms with Gasteiger partial charge in [0.2, 0.25) is 10.0 Å². The summed E-state index contributed by atoms with van der Waals surface area (Å²) in [4.78, 5) is 0. The minimum absolute atomic E-state index is 0.0130. The smallest absolute Gasteiger partial charge is 0.212 e. The fourth-order valence-corrected chi connectivity index (χ4v) is 4.79. The van der Waals surface area contributed by atoms with E-state index < -0.39 is 10.0 Å². The van der Waals surface area contributed by atoms with Gasteiger partial charge in [-0.05, 0) is 30.5 Å². The highest BCUT2D eigenvalue weighted by Crippen LogP contribution is 2.35. The van der Waals surface area contributed by atoms with Crippen LogP contribution in [0.25, 0.3) is 0 Å². The van der Waals surface area contributed by atoms with Crippen LogP contribution in [0.15, 0.2) is 28.7 Å². The Labute approximate surface area is 121 Å². The van der Waals surface area contributed by atoms with Crippen LogP contribution in [-0.2, 0) is 10.0 Å². The molecule has 1 heterocycles. The molecule has 0 N–H and O–H groups in total. The lowest BCUT2D eigenvalue weighted by molar-refractivity contribution is 0.397. The molecule has 2 rings (SSSR count). The molecule has 6 heteroatoms. The van der Waals surface area contributed by atoms with Crippen LogP contribution in [0.1, 0.15) is 24.4 Å². The van der Waals surface area contributed by atoms with Crippen LogP contribution in [0.2, 0.25) is 0 Å². The summed E-state index contributed by atoms with van der Waals surface area (Å²) < 4.78 is 26.8. The highest BCUT2D eigenvalue weighted by molar-refractivity contribution is 9.10. The minimum Gasteiger partial charge on any atom is -0.212 e. The maximum atomic E-state index is 12.1. The van der Waals surface area contributed by atoms with Crippen LogP contribution in [0.3, 0.4) is 0 Å². The lowest BCUT2D eigenvalue weighted by atomic mass is 10.1. The molecule has 1 aromatic carbocycles. The number of hydrogen-bond donors (Lipinski definition) is 0. The van der Waals surface area contributed by atoms with Gasteiger partial charge in [0.15, 0.2) is 0 Å². The average Bonchev–Trinajstić information content (AvgIpc) is 2.78. The first-order valence-electron chi connectivity index (χ1n) is 5.85. The first-order chi connectivity index (χ1) is 8.54. The Morgan fingerprint density at radius 2 is 2.22 bits per heavy atom. The molecule has 0 aliphatic carbocycles. The second kappa shape index (κ2) is 5.90. The Hall–Kier alpha value is -0.100. The Morgan fingerprint density at radius 1 is 1.44 bits per heavy atom. The molecule has 1 aliphatic rings. The zero-order chi connectivity index (χ0) is 13.2. The van der Waals surface area contributed by atoms with Gasteiger partial charge in [0.1, 0.15) is 0 Å². The van der Waals surface area contributed by atoms with E-state index in [1.807, 2.05) is 24.3 Å². The van der Waals surface area contributed by atoms with Crippen molar-refractivity contribution in [3.63, 3.8) is 0 Å². The Balaban J connectivity index is 2.28. The monoisotopic (exact) mass is 351 g/mol. The Kier molecular flexibility index (Phi) is 4.69. The quantitative estimate of drug-likeness (QED) is 0.781. The predicted molar refractivity (Wildman–Crippen MR) is 77.3 cm³/mol. The zero-order valence-electron chi connectivity index (χ0n) is 9.85. The van der Waals surface area contributed by atoms with Crippen LogP contribution in [0.5, 0.6) is 0 Å². The van der Waals surface area contributed by atoms with Crippen molar-refractivity contribution in [3.05, 3.63) is 34.3 Å². The number of nitrogens with zero attached hydrogens (tertiary/aromatic N) is 1. The molecule has 1 saturated heterocycles. The minimum atomic E-state index is -3.23. The molecular formula is C12H15BrClNO2S. The van der Waals surface area contributed by atoms with Gasteiger partial charge in [-0.3, -0.25) is 0 Å². The molecule has 1 fully saturated rings. The topological polar surface area (TPSA) is 37.4 Å². The van der Waals surface area contributed by atoms with Gasteiger partial charge in [0.05, 0.1) is 5.75 Å². The van der Waals surface area contributed by atoms with Gasteiger partial charge in [0.25, 0.3) is 0 Å². The number of halogens is 2. The predicted octanol–water partition coefficient (Wildman–Crippen LogP) is 3.15. The Bertz CT molecular complexity index is 521. The third-order valence-corrected chi connectivity index (χ3v) is 5.91. The summed E-state index contributed by atoms with van der Waals surface area (Å²) in [6.07, 6.45) is 1.77. The fraction of sp³-hybridized carbons (Fsp3) is 0.500. The van der Waals surface area contributed by atoms with Gasteiger partial charge >= 0.3 is 0 Å². The van der Waals surface area contributed by atoms with Crippen LogP contribution in [0, 0.1) is 0 Å². The second-order valence-electron chi connectivity index (χ2n) is 4.33. The zero-order valence-corrected chi connectivity index (χ0v) is 13.0. The number of alkyl halides is 1. The van der Waals surface area contributed by atoms with Crippen molar-refractivity contribution in [2.24, 2.45) is 0 Å². The molecule has 1 unspecified atom stereocenters. The van der Waals surface area contributed by atoms with Crippen molar-refractivity contribution in [3.8, 4) is 0 Å². The molecule has 1 aliphatic heterocycles. The summed E-state index contributed by atoms with van der Waals surface area (Å²) in [7, 11) is -3.23. The van der Waals surface area contributed by atoms with Gasteiger partial charge < -0.3 is 0 Å². The maximum absolute atomic E-state index is 12.1. The molecule has 100 valence electrons. The number of sulfonamides is 1. The van der Waals surface area contributed by atoms with Crippen molar-refractivity contribution in [2.45, 2.75) is 18.9 Å². The SMILES string of the molecule is O=S(=O)(CCCl)N1CCCC1c1cccc(Br)c1. The molecule has 0 spiro atoms. The fourth-order valence-electron chi connectivity index (χ4n) is 2.33. The third kappa shape index (κ3) is 3.07. The van der Waals surface area contributed by atoms with Gasteiger partial charge in [0, 0.05) is 22.9 Å². The number of hydrogen-bond acceptors (Lipinski definition) is 2. The standard InChI is InChI=1S/C12H15BrClNO2S/c13-11-4-1-3-10(9-11)12-5-2-7-15(12)18(16,17)8-6-14/h1,3-4,9,12H,2,5-8H2. The lowest BCUT2D eigenvalue weighted by Gasteiger charge is -2.24. The largest absolute Gasteiger partial charge is 0.215 e. The van der Waals surface area contributed by atoms with Crippen molar-refractivity contribution < 1.29 is 8.42 Å². The molecule has 0 aromatic heterocycles. The van der Waals surface area contributed by atoms with Gasteiger partial charge in [-0.15, -0.1) is 11.6 Å². The summed E-state index contributed by atoms with van der Waals surface area (Å²) in [5.41, 5.74) is 1.04. The molecule has 18 heavy (non-hydrogen) atoms. The molecule has 0 radical (unpaired) electrons.